The van der Waals surface area contributed by atoms with Gasteiger partial charge in [-0.15, -0.1) is 11.3 Å². The lowest BCUT2D eigenvalue weighted by Gasteiger charge is -2.16. The first-order valence-corrected chi connectivity index (χ1v) is 12.3. The minimum atomic E-state index is -0.400. The van der Waals surface area contributed by atoms with Crippen molar-refractivity contribution < 1.29 is 9.53 Å². The molecular formula is C27H29N3O4S. The molecule has 0 unspecified atom stereocenters. The normalized spacial score (nSPS) is 11.1. The third kappa shape index (κ3) is 5.22. The molecule has 1 amide bonds. The molecule has 4 rings (SSSR count). The number of amides is 1. The highest BCUT2D eigenvalue weighted by atomic mass is 32.1. The maximum atomic E-state index is 13.4. The van der Waals surface area contributed by atoms with Crippen LogP contribution in [0, 0.1) is 20.8 Å². The Kier molecular flexibility index (Phi) is 7.21. The van der Waals surface area contributed by atoms with Crippen LogP contribution in [0.25, 0.3) is 10.2 Å². The van der Waals surface area contributed by atoms with Gasteiger partial charge in [0, 0.05) is 19.5 Å². The standard InChI is InChI=1S/C27H29N3O4S/c1-17-13-18(2)22(19(3)14-17)16-30-23-10-12-35-25(23)26(32)29(27(30)33)11-9-24(31)28-15-20-5-7-21(34-4)8-6-20/h5-8,10,12-14H,9,11,15-16H2,1-4H3,(H,28,31). The van der Waals surface area contributed by atoms with Crippen molar-refractivity contribution in [2.45, 2.75) is 46.8 Å². The largest absolute Gasteiger partial charge is 0.497 e. The Hall–Kier alpha value is -3.65. The first-order chi connectivity index (χ1) is 16.8. The summed E-state index contributed by atoms with van der Waals surface area (Å²) in [5.74, 6) is 0.519. The molecule has 0 aliphatic rings. The zero-order valence-electron chi connectivity index (χ0n) is 20.4. The molecule has 35 heavy (non-hydrogen) atoms. The average Bonchev–Trinajstić information content (AvgIpc) is 3.32. The van der Waals surface area contributed by atoms with Gasteiger partial charge in [-0.1, -0.05) is 29.8 Å². The third-order valence-electron chi connectivity index (χ3n) is 6.20. The number of nitrogens with zero attached hydrogens (tertiary/aromatic N) is 2. The molecule has 182 valence electrons. The van der Waals surface area contributed by atoms with Crippen molar-refractivity contribution in [2.75, 3.05) is 7.11 Å². The quantitative estimate of drug-likeness (QED) is 0.405. The van der Waals surface area contributed by atoms with Crippen molar-refractivity contribution in [2.24, 2.45) is 0 Å². The van der Waals surface area contributed by atoms with Gasteiger partial charge >= 0.3 is 5.69 Å². The third-order valence-corrected chi connectivity index (χ3v) is 7.10. The number of aromatic nitrogens is 2. The van der Waals surface area contributed by atoms with Gasteiger partial charge in [0.1, 0.15) is 10.4 Å². The van der Waals surface area contributed by atoms with E-state index in [2.05, 4.69) is 17.4 Å². The molecule has 0 fully saturated rings. The fourth-order valence-electron chi connectivity index (χ4n) is 4.35. The Morgan fingerprint density at radius 1 is 1.00 bits per heavy atom. The van der Waals surface area contributed by atoms with Crippen LogP contribution in [-0.4, -0.2) is 22.2 Å². The number of methoxy groups -OCH3 is 1. The van der Waals surface area contributed by atoms with Crippen molar-refractivity contribution in [3.05, 3.63) is 96.5 Å². The Labute approximate surface area is 207 Å². The van der Waals surface area contributed by atoms with Crippen molar-refractivity contribution in [3.8, 4) is 5.75 Å². The van der Waals surface area contributed by atoms with Gasteiger partial charge in [0.25, 0.3) is 5.56 Å². The first kappa shape index (κ1) is 24.5. The van der Waals surface area contributed by atoms with Crippen molar-refractivity contribution in [1.29, 1.82) is 0 Å². The first-order valence-electron chi connectivity index (χ1n) is 11.5. The van der Waals surface area contributed by atoms with Crippen LogP contribution in [0.4, 0.5) is 0 Å². The van der Waals surface area contributed by atoms with Gasteiger partial charge in [-0.2, -0.15) is 0 Å². The van der Waals surface area contributed by atoms with Crippen molar-refractivity contribution in [1.82, 2.24) is 14.5 Å². The van der Waals surface area contributed by atoms with Crippen LogP contribution in [-0.2, 0) is 24.4 Å². The monoisotopic (exact) mass is 491 g/mol. The van der Waals surface area contributed by atoms with E-state index in [9.17, 15) is 14.4 Å². The summed E-state index contributed by atoms with van der Waals surface area (Å²) in [7, 11) is 1.60. The van der Waals surface area contributed by atoms with E-state index in [1.807, 2.05) is 56.5 Å². The lowest BCUT2D eigenvalue weighted by atomic mass is 10.00. The molecule has 4 aromatic rings. The Balaban J connectivity index is 1.56. The van der Waals surface area contributed by atoms with Gasteiger partial charge < -0.3 is 10.1 Å². The molecule has 0 bridgehead atoms. The predicted molar refractivity (Wildman–Crippen MR) is 140 cm³/mol. The second kappa shape index (κ2) is 10.3. The SMILES string of the molecule is COc1ccc(CNC(=O)CCn2c(=O)c3sccc3n(Cc3c(C)cc(C)cc3C)c2=O)cc1. The minimum absolute atomic E-state index is 0.0197. The highest BCUT2D eigenvalue weighted by Crippen LogP contribution is 2.21. The molecule has 0 saturated carbocycles. The van der Waals surface area contributed by atoms with Gasteiger partial charge in [0.2, 0.25) is 5.91 Å². The zero-order valence-corrected chi connectivity index (χ0v) is 21.2. The minimum Gasteiger partial charge on any atom is -0.497 e. The van der Waals surface area contributed by atoms with E-state index >= 15 is 0 Å². The Bertz CT molecular complexity index is 1470. The van der Waals surface area contributed by atoms with Crippen LogP contribution in [0.1, 0.15) is 34.2 Å². The van der Waals surface area contributed by atoms with Gasteiger partial charge in [0.05, 0.1) is 19.2 Å². The van der Waals surface area contributed by atoms with E-state index in [0.717, 1.165) is 28.0 Å². The summed E-state index contributed by atoms with van der Waals surface area (Å²) >= 11 is 1.31. The molecule has 7 nitrogen and oxygen atoms in total. The molecule has 2 heterocycles. The zero-order chi connectivity index (χ0) is 25.1. The Morgan fingerprint density at radius 3 is 2.34 bits per heavy atom. The fourth-order valence-corrected chi connectivity index (χ4v) is 5.19. The van der Waals surface area contributed by atoms with Gasteiger partial charge in [0.15, 0.2) is 0 Å². The topological polar surface area (TPSA) is 82.3 Å². The van der Waals surface area contributed by atoms with Crippen LogP contribution < -0.4 is 21.3 Å². The smallest absolute Gasteiger partial charge is 0.331 e. The summed E-state index contributed by atoms with van der Waals surface area (Å²) < 4.78 is 8.49. The second-order valence-electron chi connectivity index (χ2n) is 8.71. The lowest BCUT2D eigenvalue weighted by molar-refractivity contribution is -0.121. The van der Waals surface area contributed by atoms with E-state index in [4.69, 9.17) is 4.74 Å². The number of carbonyl (C=O) groups is 1. The van der Waals surface area contributed by atoms with Crippen LogP contribution in [0.15, 0.2) is 57.4 Å². The average molecular weight is 492 g/mol. The van der Waals surface area contributed by atoms with E-state index in [1.165, 1.54) is 21.5 Å². The molecule has 2 aromatic heterocycles. The number of fused-ring (bicyclic) bond motifs is 1. The van der Waals surface area contributed by atoms with Crippen LogP contribution in [0.5, 0.6) is 5.75 Å². The van der Waals surface area contributed by atoms with Crippen molar-refractivity contribution in [3.63, 3.8) is 0 Å². The van der Waals surface area contributed by atoms with Gasteiger partial charge in [-0.3, -0.25) is 18.7 Å². The number of aryl methyl sites for hydroxylation is 3. The van der Waals surface area contributed by atoms with E-state index < -0.39 is 5.69 Å². The number of nitrogens with one attached hydrogen (secondary N) is 1. The van der Waals surface area contributed by atoms with Gasteiger partial charge in [-0.25, -0.2) is 4.79 Å². The van der Waals surface area contributed by atoms with E-state index in [1.54, 1.807) is 11.7 Å². The Morgan fingerprint density at radius 2 is 1.69 bits per heavy atom. The molecule has 0 aliphatic heterocycles. The molecule has 0 saturated heterocycles. The van der Waals surface area contributed by atoms with Gasteiger partial charge in [-0.05, 0) is 66.6 Å². The number of hydrogen-bond donors (Lipinski definition) is 1. The van der Waals surface area contributed by atoms with Crippen LogP contribution in [0.2, 0.25) is 0 Å². The highest BCUT2D eigenvalue weighted by Gasteiger charge is 2.17. The number of hydrogen-bond acceptors (Lipinski definition) is 5. The molecular weight excluding hydrogens is 462 g/mol. The predicted octanol–water partition coefficient (Wildman–Crippen LogP) is 3.91. The molecule has 2 aromatic carbocycles. The summed E-state index contributed by atoms with van der Waals surface area (Å²) in [6, 6.07) is 13.4. The molecule has 0 spiro atoms. The lowest BCUT2D eigenvalue weighted by Crippen LogP contribution is -2.41. The van der Waals surface area contributed by atoms with Crippen LogP contribution in [0.3, 0.4) is 0 Å². The fraction of sp³-hybridized carbons (Fsp3) is 0.296. The number of benzene rings is 2. The molecule has 8 heteroatoms. The molecule has 0 aliphatic carbocycles. The van der Waals surface area contributed by atoms with E-state index in [0.29, 0.717) is 23.3 Å². The maximum absolute atomic E-state index is 13.4. The highest BCUT2D eigenvalue weighted by molar-refractivity contribution is 7.17. The summed E-state index contributed by atoms with van der Waals surface area (Å²) in [6.45, 7) is 6.87. The summed E-state index contributed by atoms with van der Waals surface area (Å²) in [5, 5.41) is 4.67. The maximum Gasteiger partial charge on any atom is 0.331 e. The molecule has 0 radical (unpaired) electrons. The number of thiophene rings is 1. The van der Waals surface area contributed by atoms with E-state index in [-0.39, 0.29) is 24.4 Å². The van der Waals surface area contributed by atoms with Crippen LogP contribution >= 0.6 is 11.3 Å². The second-order valence-corrected chi connectivity index (χ2v) is 9.63. The number of carbonyl (C=O) groups excluding carboxylic acids is 1. The molecule has 1 N–H and O–H groups in total. The molecule has 0 atom stereocenters. The summed E-state index contributed by atoms with van der Waals surface area (Å²) in [6.07, 6.45) is 0.0325. The number of rotatable bonds is 8. The summed E-state index contributed by atoms with van der Waals surface area (Å²) in [5.41, 5.74) is 5.25. The summed E-state index contributed by atoms with van der Waals surface area (Å²) in [4.78, 5) is 39.0. The number of ether oxygens (including phenoxy) is 1. The van der Waals surface area contributed by atoms with Crippen molar-refractivity contribution >= 4 is 27.5 Å².